The van der Waals surface area contributed by atoms with Gasteiger partial charge in [0.2, 0.25) is 0 Å². The van der Waals surface area contributed by atoms with Gasteiger partial charge in [0.1, 0.15) is 0 Å². The van der Waals surface area contributed by atoms with Gasteiger partial charge in [0.15, 0.2) is 11.6 Å². The number of hydrogen-bond acceptors (Lipinski definition) is 0. The highest BCUT2D eigenvalue weighted by molar-refractivity contribution is 5.22. The third-order valence-electron chi connectivity index (χ3n) is 5.47. The zero-order chi connectivity index (χ0) is 13.9. The van der Waals surface area contributed by atoms with Gasteiger partial charge in [0, 0.05) is 0 Å². The summed E-state index contributed by atoms with van der Waals surface area (Å²) in [6.45, 7) is 0. The van der Waals surface area contributed by atoms with E-state index in [4.69, 9.17) is 0 Å². The maximum atomic E-state index is 13.3. The fraction of sp³-hybridized carbons (Fsp3) is 0.667. The van der Waals surface area contributed by atoms with Crippen LogP contribution in [-0.4, -0.2) is 0 Å². The molecule has 1 aromatic carbocycles. The Bertz CT molecular complexity index is 443. The van der Waals surface area contributed by atoms with E-state index in [-0.39, 0.29) is 0 Å². The van der Waals surface area contributed by atoms with E-state index in [2.05, 4.69) is 0 Å². The molecule has 20 heavy (non-hydrogen) atoms. The molecule has 0 nitrogen and oxygen atoms in total. The molecule has 1 aromatic rings. The van der Waals surface area contributed by atoms with Crippen molar-refractivity contribution in [3.8, 4) is 0 Å². The van der Waals surface area contributed by atoms with Gasteiger partial charge in [-0.3, -0.25) is 0 Å². The molecule has 0 aromatic heterocycles. The molecule has 0 unspecified atom stereocenters. The van der Waals surface area contributed by atoms with Crippen LogP contribution in [0.5, 0.6) is 0 Å². The fourth-order valence-corrected chi connectivity index (χ4v) is 3.80. The first kappa shape index (κ1) is 14.0. The molecule has 2 aliphatic carbocycles. The van der Waals surface area contributed by atoms with Crippen molar-refractivity contribution >= 4 is 0 Å². The van der Waals surface area contributed by atoms with Crippen LogP contribution in [0.4, 0.5) is 8.78 Å². The van der Waals surface area contributed by atoms with Crippen molar-refractivity contribution in [2.24, 2.45) is 11.8 Å². The minimum absolute atomic E-state index is 0.435. The van der Waals surface area contributed by atoms with Crippen LogP contribution < -0.4 is 0 Å². The number of halogens is 2. The SMILES string of the molecule is Fc1ccc(C2CCC(CCC3CCC3)CC2)cc1F. The molecule has 0 amide bonds. The average molecular weight is 278 g/mol. The Balaban J connectivity index is 1.48. The quantitative estimate of drug-likeness (QED) is 0.651. The first-order chi connectivity index (χ1) is 9.72. The summed E-state index contributed by atoms with van der Waals surface area (Å²) in [5.74, 6) is 0.888. The minimum atomic E-state index is -0.733. The lowest BCUT2D eigenvalue weighted by Crippen LogP contribution is -2.17. The van der Waals surface area contributed by atoms with Crippen molar-refractivity contribution < 1.29 is 8.78 Å². The van der Waals surface area contributed by atoms with Gasteiger partial charge in [-0.2, -0.15) is 0 Å². The van der Waals surface area contributed by atoms with Gasteiger partial charge in [-0.1, -0.05) is 38.2 Å². The van der Waals surface area contributed by atoms with Crippen LogP contribution in [0, 0.1) is 23.5 Å². The Morgan fingerprint density at radius 2 is 1.45 bits per heavy atom. The fourth-order valence-electron chi connectivity index (χ4n) is 3.80. The van der Waals surface area contributed by atoms with Crippen LogP contribution >= 0.6 is 0 Å². The smallest absolute Gasteiger partial charge is 0.159 e. The normalized spacial score (nSPS) is 27.3. The summed E-state index contributed by atoms with van der Waals surface area (Å²) in [6.07, 6.45) is 11.9. The Morgan fingerprint density at radius 3 is 2.00 bits per heavy atom. The van der Waals surface area contributed by atoms with Crippen molar-refractivity contribution in [1.29, 1.82) is 0 Å². The molecule has 0 atom stereocenters. The molecule has 0 radical (unpaired) electrons. The molecule has 2 saturated carbocycles. The van der Waals surface area contributed by atoms with Gasteiger partial charge in [0.05, 0.1) is 0 Å². The maximum Gasteiger partial charge on any atom is 0.159 e. The van der Waals surface area contributed by atoms with Crippen molar-refractivity contribution in [3.63, 3.8) is 0 Å². The molecule has 0 N–H and O–H groups in total. The summed E-state index contributed by atoms with van der Waals surface area (Å²) in [5, 5.41) is 0. The highest BCUT2D eigenvalue weighted by Gasteiger charge is 2.25. The zero-order valence-corrected chi connectivity index (χ0v) is 12.1. The highest BCUT2D eigenvalue weighted by atomic mass is 19.2. The molecule has 0 bridgehead atoms. The lowest BCUT2D eigenvalue weighted by Gasteiger charge is -2.31. The molecule has 0 spiro atoms. The summed E-state index contributed by atoms with van der Waals surface area (Å²) < 4.78 is 26.3. The van der Waals surface area contributed by atoms with E-state index in [9.17, 15) is 8.78 Å². The van der Waals surface area contributed by atoms with E-state index < -0.39 is 11.6 Å². The van der Waals surface area contributed by atoms with Gasteiger partial charge in [-0.15, -0.1) is 0 Å². The number of rotatable bonds is 4. The van der Waals surface area contributed by atoms with E-state index in [1.165, 1.54) is 57.1 Å². The lowest BCUT2D eigenvalue weighted by molar-refractivity contribution is 0.238. The molecule has 110 valence electrons. The topological polar surface area (TPSA) is 0 Å². The Hall–Kier alpha value is -0.920. The first-order valence-corrected chi connectivity index (χ1v) is 8.17. The highest BCUT2D eigenvalue weighted by Crippen LogP contribution is 2.40. The second-order valence-corrected chi connectivity index (χ2v) is 6.77. The third-order valence-corrected chi connectivity index (χ3v) is 5.47. The van der Waals surface area contributed by atoms with Crippen molar-refractivity contribution in [1.82, 2.24) is 0 Å². The van der Waals surface area contributed by atoms with E-state index in [0.717, 1.165) is 30.2 Å². The molecule has 0 heterocycles. The summed E-state index contributed by atoms with van der Waals surface area (Å²) >= 11 is 0. The summed E-state index contributed by atoms with van der Waals surface area (Å²) in [7, 11) is 0. The lowest BCUT2D eigenvalue weighted by atomic mass is 9.74. The molecule has 2 heteroatoms. The van der Waals surface area contributed by atoms with Crippen molar-refractivity contribution in [3.05, 3.63) is 35.4 Å². The average Bonchev–Trinajstić information content (AvgIpc) is 2.41. The second-order valence-electron chi connectivity index (χ2n) is 6.77. The van der Waals surface area contributed by atoms with Crippen LogP contribution in [-0.2, 0) is 0 Å². The number of benzene rings is 1. The van der Waals surface area contributed by atoms with E-state index in [1.807, 2.05) is 0 Å². The first-order valence-electron chi connectivity index (χ1n) is 8.17. The monoisotopic (exact) mass is 278 g/mol. The van der Waals surface area contributed by atoms with Gasteiger partial charge in [-0.05, 0) is 61.1 Å². The van der Waals surface area contributed by atoms with Gasteiger partial charge in [0.25, 0.3) is 0 Å². The zero-order valence-electron chi connectivity index (χ0n) is 12.1. The number of hydrogen-bond donors (Lipinski definition) is 0. The van der Waals surface area contributed by atoms with Crippen LogP contribution in [0.1, 0.15) is 69.3 Å². The van der Waals surface area contributed by atoms with Crippen LogP contribution in [0.2, 0.25) is 0 Å². The summed E-state index contributed by atoms with van der Waals surface area (Å²) in [5.41, 5.74) is 0.987. The second kappa shape index (κ2) is 6.24. The standard InChI is InChI=1S/C18H24F2/c19-17-11-10-16(12-18(17)20)15-8-6-14(7-9-15)5-4-13-2-1-3-13/h10-15H,1-9H2. The van der Waals surface area contributed by atoms with Crippen LogP contribution in [0.25, 0.3) is 0 Å². The van der Waals surface area contributed by atoms with E-state index in [1.54, 1.807) is 6.07 Å². The molecule has 0 aliphatic heterocycles. The van der Waals surface area contributed by atoms with Gasteiger partial charge in [-0.25, -0.2) is 8.78 Å². The summed E-state index contributed by atoms with van der Waals surface area (Å²) in [4.78, 5) is 0. The van der Waals surface area contributed by atoms with Crippen molar-refractivity contribution in [2.75, 3.05) is 0 Å². The van der Waals surface area contributed by atoms with Crippen molar-refractivity contribution in [2.45, 2.75) is 63.7 Å². The third kappa shape index (κ3) is 3.21. The Labute approximate surface area is 120 Å². The molecule has 2 aliphatic rings. The molecular weight excluding hydrogens is 254 g/mol. The molecule has 2 fully saturated rings. The molecular formula is C18H24F2. The minimum Gasteiger partial charge on any atom is -0.204 e. The predicted octanol–water partition coefficient (Wildman–Crippen LogP) is 5.82. The molecule has 0 saturated heterocycles. The maximum absolute atomic E-state index is 13.3. The summed E-state index contributed by atoms with van der Waals surface area (Å²) in [6, 6.07) is 4.43. The van der Waals surface area contributed by atoms with E-state index in [0.29, 0.717) is 5.92 Å². The Morgan fingerprint density at radius 1 is 0.800 bits per heavy atom. The van der Waals surface area contributed by atoms with Gasteiger partial charge >= 0.3 is 0 Å². The van der Waals surface area contributed by atoms with E-state index >= 15 is 0 Å². The van der Waals surface area contributed by atoms with Crippen LogP contribution in [0.3, 0.4) is 0 Å². The van der Waals surface area contributed by atoms with Crippen LogP contribution in [0.15, 0.2) is 18.2 Å². The Kier molecular flexibility index (Phi) is 4.38. The molecule has 3 rings (SSSR count). The predicted molar refractivity (Wildman–Crippen MR) is 77.6 cm³/mol. The van der Waals surface area contributed by atoms with Gasteiger partial charge < -0.3 is 0 Å². The largest absolute Gasteiger partial charge is 0.204 e.